The van der Waals surface area contributed by atoms with Crippen molar-refractivity contribution in [3.63, 3.8) is 0 Å². The highest BCUT2D eigenvalue weighted by Crippen LogP contribution is 2.50. The zero-order valence-corrected chi connectivity index (χ0v) is 7.73. The number of aliphatic hydroxyl groups is 1. The summed E-state index contributed by atoms with van der Waals surface area (Å²) in [5.41, 5.74) is 0.254. The first-order chi connectivity index (χ1) is 6.56. The number of H-pyrrole nitrogens is 1. The van der Waals surface area contributed by atoms with Gasteiger partial charge in [0.05, 0.1) is 12.2 Å². The van der Waals surface area contributed by atoms with E-state index in [0.29, 0.717) is 5.69 Å². The minimum Gasteiger partial charge on any atom is -0.392 e. The van der Waals surface area contributed by atoms with Crippen LogP contribution in [0.25, 0.3) is 0 Å². The van der Waals surface area contributed by atoms with Crippen molar-refractivity contribution in [3.8, 4) is 0 Å². The molecule has 0 saturated heterocycles. The molecule has 14 heavy (non-hydrogen) atoms. The van der Waals surface area contributed by atoms with Crippen LogP contribution in [0.15, 0.2) is 6.07 Å². The third kappa shape index (κ3) is 1.19. The summed E-state index contributed by atoms with van der Waals surface area (Å²) in [5.74, 6) is -0.119. The topological polar surface area (TPSA) is 92.0 Å². The predicted molar refractivity (Wildman–Crippen MR) is 47.8 cm³/mol. The van der Waals surface area contributed by atoms with Gasteiger partial charge >= 0.3 is 5.82 Å². The lowest BCUT2D eigenvalue weighted by atomic mass is 9.96. The van der Waals surface area contributed by atoms with Gasteiger partial charge in [-0.15, -0.1) is 5.10 Å². The van der Waals surface area contributed by atoms with E-state index in [-0.39, 0.29) is 11.2 Å². The maximum absolute atomic E-state index is 10.4. The summed E-state index contributed by atoms with van der Waals surface area (Å²) < 4.78 is 0. The molecule has 0 aromatic carbocycles. The Labute approximate surface area is 80.1 Å². The Balaban J connectivity index is 2.29. The molecule has 6 nitrogen and oxygen atoms in total. The Morgan fingerprint density at radius 3 is 2.79 bits per heavy atom. The van der Waals surface area contributed by atoms with E-state index in [1.165, 1.54) is 6.07 Å². The number of nitrogens with one attached hydrogen (secondary N) is 1. The third-order valence-corrected chi connectivity index (χ3v) is 2.86. The first-order valence-electron chi connectivity index (χ1n) is 4.44. The number of aromatic nitrogens is 2. The maximum atomic E-state index is 10.4. The van der Waals surface area contributed by atoms with Crippen LogP contribution in [-0.2, 0) is 5.41 Å². The molecule has 1 heterocycles. The molecule has 6 heteroatoms. The number of aliphatic hydroxyl groups excluding tert-OH is 1. The first-order valence-corrected chi connectivity index (χ1v) is 4.44. The van der Waals surface area contributed by atoms with Crippen LogP contribution in [0.1, 0.15) is 25.5 Å². The van der Waals surface area contributed by atoms with E-state index in [1.54, 1.807) is 6.92 Å². The summed E-state index contributed by atoms with van der Waals surface area (Å²) in [7, 11) is 0. The first kappa shape index (κ1) is 9.14. The van der Waals surface area contributed by atoms with Gasteiger partial charge in [0.2, 0.25) is 0 Å². The summed E-state index contributed by atoms with van der Waals surface area (Å²) in [5, 5.41) is 26.1. The molecule has 0 bridgehead atoms. The third-order valence-electron chi connectivity index (χ3n) is 2.86. The van der Waals surface area contributed by atoms with Crippen LogP contribution in [0.2, 0.25) is 0 Å². The van der Waals surface area contributed by atoms with E-state index >= 15 is 0 Å². The van der Waals surface area contributed by atoms with Crippen molar-refractivity contribution in [2.24, 2.45) is 0 Å². The van der Waals surface area contributed by atoms with Crippen molar-refractivity contribution < 1.29 is 10.0 Å². The van der Waals surface area contributed by atoms with E-state index in [2.05, 4.69) is 10.2 Å². The van der Waals surface area contributed by atoms with Gasteiger partial charge in [-0.05, 0) is 24.7 Å². The van der Waals surface area contributed by atoms with E-state index in [4.69, 9.17) is 0 Å². The highest BCUT2D eigenvalue weighted by atomic mass is 16.6. The van der Waals surface area contributed by atoms with Gasteiger partial charge in [0.15, 0.2) is 0 Å². The fraction of sp³-hybridized carbons (Fsp3) is 0.625. The number of rotatable bonds is 3. The second-order valence-corrected chi connectivity index (χ2v) is 3.73. The van der Waals surface area contributed by atoms with E-state index in [0.717, 1.165) is 12.8 Å². The Bertz CT molecular complexity index is 368. The van der Waals surface area contributed by atoms with Crippen LogP contribution in [0.5, 0.6) is 0 Å². The summed E-state index contributed by atoms with van der Waals surface area (Å²) in [6.07, 6.45) is 1.17. The minimum absolute atomic E-state index is 0.119. The monoisotopic (exact) mass is 197 g/mol. The van der Waals surface area contributed by atoms with Gasteiger partial charge in [-0.1, -0.05) is 5.10 Å². The minimum atomic E-state index is -0.519. The van der Waals surface area contributed by atoms with E-state index in [9.17, 15) is 15.2 Å². The molecule has 1 unspecified atom stereocenters. The molecule has 0 aliphatic heterocycles. The molecule has 0 spiro atoms. The number of hydrogen-bond donors (Lipinski definition) is 2. The van der Waals surface area contributed by atoms with Gasteiger partial charge in [0.25, 0.3) is 0 Å². The number of hydrogen-bond acceptors (Lipinski definition) is 4. The molecule has 2 N–H and O–H groups in total. The normalized spacial score (nSPS) is 20.4. The molecule has 1 aliphatic carbocycles. The average Bonchev–Trinajstić information content (AvgIpc) is 2.77. The van der Waals surface area contributed by atoms with Gasteiger partial charge in [0, 0.05) is 5.41 Å². The summed E-state index contributed by atoms with van der Waals surface area (Å²) in [6.45, 7) is 1.69. The standard InChI is InChI=1S/C8H11N3O3/c1-5(12)8(2-3-8)6-4-7(10-9-6)11(13)14/h4-5,12H,2-3H2,1H3,(H,9,10). The van der Waals surface area contributed by atoms with Crippen molar-refractivity contribution in [2.75, 3.05) is 0 Å². The Kier molecular flexibility index (Phi) is 1.81. The molecule has 1 fully saturated rings. The second kappa shape index (κ2) is 2.78. The zero-order valence-electron chi connectivity index (χ0n) is 7.73. The smallest absolute Gasteiger partial charge is 0.342 e. The quantitative estimate of drug-likeness (QED) is 0.551. The summed E-state index contributed by atoms with van der Waals surface area (Å²) >= 11 is 0. The molecule has 1 aliphatic rings. The molecule has 0 amide bonds. The SMILES string of the molecule is CC(O)C1(c2cc([N+](=O)[O-])[nH]n2)CC1. The maximum Gasteiger partial charge on any atom is 0.342 e. The van der Waals surface area contributed by atoms with Gasteiger partial charge in [-0.25, -0.2) is 0 Å². The molecule has 1 aromatic heterocycles. The predicted octanol–water partition coefficient (Wildman–Crippen LogP) is 0.730. The fourth-order valence-electron chi connectivity index (χ4n) is 1.68. The second-order valence-electron chi connectivity index (χ2n) is 3.73. The largest absolute Gasteiger partial charge is 0.392 e. The summed E-state index contributed by atoms with van der Waals surface area (Å²) in [4.78, 5) is 9.88. The number of nitro groups is 1. The van der Waals surface area contributed by atoms with Crippen LogP contribution >= 0.6 is 0 Å². The number of aromatic amines is 1. The Hall–Kier alpha value is -1.43. The number of nitrogens with zero attached hydrogens (tertiary/aromatic N) is 2. The molecule has 2 rings (SSSR count). The molecule has 0 radical (unpaired) electrons. The van der Waals surface area contributed by atoms with Gasteiger partial charge < -0.3 is 15.2 Å². The lowest BCUT2D eigenvalue weighted by molar-refractivity contribution is -0.389. The van der Waals surface area contributed by atoms with Gasteiger partial charge in [-0.3, -0.25) is 0 Å². The van der Waals surface area contributed by atoms with Crippen LogP contribution in [0.4, 0.5) is 5.82 Å². The summed E-state index contributed by atoms with van der Waals surface area (Å²) in [6, 6.07) is 1.40. The van der Waals surface area contributed by atoms with Crippen LogP contribution in [-0.4, -0.2) is 26.3 Å². The zero-order chi connectivity index (χ0) is 10.3. The van der Waals surface area contributed by atoms with Gasteiger partial charge in [0.1, 0.15) is 5.69 Å². The van der Waals surface area contributed by atoms with Crippen molar-refractivity contribution in [3.05, 3.63) is 21.9 Å². The van der Waals surface area contributed by atoms with Crippen molar-refractivity contribution in [1.29, 1.82) is 0 Å². The molecule has 1 saturated carbocycles. The molecule has 76 valence electrons. The van der Waals surface area contributed by atoms with Gasteiger partial charge in [-0.2, -0.15) is 0 Å². The van der Waals surface area contributed by atoms with E-state index < -0.39 is 11.0 Å². The van der Waals surface area contributed by atoms with Crippen molar-refractivity contribution >= 4 is 5.82 Å². The van der Waals surface area contributed by atoms with Crippen LogP contribution in [0, 0.1) is 10.1 Å². The fourth-order valence-corrected chi connectivity index (χ4v) is 1.68. The lowest BCUT2D eigenvalue weighted by Gasteiger charge is -2.13. The Morgan fingerprint density at radius 1 is 1.79 bits per heavy atom. The lowest BCUT2D eigenvalue weighted by Crippen LogP contribution is -2.22. The van der Waals surface area contributed by atoms with E-state index in [1.807, 2.05) is 0 Å². The molecular formula is C8H11N3O3. The van der Waals surface area contributed by atoms with Crippen LogP contribution < -0.4 is 0 Å². The Morgan fingerprint density at radius 2 is 2.43 bits per heavy atom. The molecule has 1 aromatic rings. The van der Waals surface area contributed by atoms with Crippen molar-refractivity contribution in [2.45, 2.75) is 31.3 Å². The molecular weight excluding hydrogens is 186 g/mol. The highest BCUT2D eigenvalue weighted by Gasteiger charge is 2.51. The van der Waals surface area contributed by atoms with Crippen LogP contribution in [0.3, 0.4) is 0 Å². The average molecular weight is 197 g/mol. The molecule has 1 atom stereocenters. The highest BCUT2D eigenvalue weighted by molar-refractivity contribution is 5.32. The van der Waals surface area contributed by atoms with Crippen molar-refractivity contribution in [1.82, 2.24) is 10.2 Å².